The second kappa shape index (κ2) is 27.3. The molecule has 0 unspecified atom stereocenters. The summed E-state index contributed by atoms with van der Waals surface area (Å²) in [5, 5.41) is 1.82. The Morgan fingerprint density at radius 2 is 0.679 bits per heavy atom. The molecule has 2 aliphatic heterocycles. The van der Waals surface area contributed by atoms with E-state index in [1.54, 1.807) is 36.4 Å². The van der Waals surface area contributed by atoms with Gasteiger partial charge in [0.15, 0.2) is 48.5 Å². The normalized spacial score (nSPS) is 20.1. The molecule has 0 atom stereocenters. The number of fused-ring (bicyclic) bond motifs is 4. The highest BCUT2D eigenvalue weighted by Gasteiger charge is 2.54. The molecule has 84 heavy (non-hydrogen) atoms. The van der Waals surface area contributed by atoms with E-state index in [1.807, 2.05) is 70.1 Å². The van der Waals surface area contributed by atoms with Gasteiger partial charge in [-0.15, -0.1) is 0 Å². The zero-order valence-electron chi connectivity index (χ0n) is 46.3. The number of nitrogens with zero attached hydrogens (tertiary/aromatic N) is 2. The van der Waals surface area contributed by atoms with Crippen molar-refractivity contribution in [1.29, 1.82) is 0 Å². The van der Waals surface area contributed by atoms with Crippen LogP contribution in [0.3, 0.4) is 0 Å². The molecule has 3 aliphatic rings. The second-order valence-corrected chi connectivity index (χ2v) is 23.2. The van der Waals surface area contributed by atoms with Gasteiger partial charge in [0.05, 0.1) is 89.1 Å². The average Bonchev–Trinajstić information content (AvgIpc) is 0.751. The van der Waals surface area contributed by atoms with E-state index in [1.165, 1.54) is 12.1 Å². The first-order valence-corrected chi connectivity index (χ1v) is 31.0. The quantitative estimate of drug-likeness (QED) is 0.0954. The van der Waals surface area contributed by atoms with Gasteiger partial charge in [-0.25, -0.2) is 16.8 Å². The minimum Gasteiger partial charge on any atom is -0.744 e. The molecule has 8 aromatic rings. The van der Waals surface area contributed by atoms with Crippen molar-refractivity contribution in [1.82, 2.24) is 0 Å². The van der Waals surface area contributed by atoms with E-state index in [0.717, 1.165) is 44.1 Å². The Balaban J connectivity index is 1.11. The summed E-state index contributed by atoms with van der Waals surface area (Å²) >= 11 is 0. The van der Waals surface area contributed by atoms with E-state index in [0.29, 0.717) is 113 Å². The number of aromatic nitrogens is 2. The van der Waals surface area contributed by atoms with Crippen LogP contribution in [0, 0.1) is 0 Å². The molecule has 11 rings (SSSR count). The molecule has 0 bridgehead atoms. The third-order valence-electron chi connectivity index (χ3n) is 15.5. The highest BCUT2D eigenvalue weighted by molar-refractivity contribution is 7.86. The molecule has 1 fully saturated rings. The van der Waals surface area contributed by atoms with E-state index in [2.05, 4.69) is 48.5 Å². The van der Waals surface area contributed by atoms with Crippen LogP contribution in [-0.4, -0.2) is 132 Å². The first-order valence-electron chi connectivity index (χ1n) is 28.2. The van der Waals surface area contributed by atoms with Crippen LogP contribution in [-0.2, 0) is 61.7 Å². The van der Waals surface area contributed by atoms with Crippen LogP contribution in [0.2, 0.25) is 0 Å². The molecule has 0 radical (unpaired) electrons. The summed E-state index contributed by atoms with van der Waals surface area (Å²) in [6.45, 7) is 5.80. The Labute approximate surface area is 488 Å². The number of benzene rings is 6. The van der Waals surface area contributed by atoms with Gasteiger partial charge in [0, 0.05) is 46.2 Å². The minimum atomic E-state index is -4.80. The number of hydrogen-bond acceptors (Lipinski definition) is 16. The van der Waals surface area contributed by atoms with E-state index >= 15 is 0 Å². The Morgan fingerprint density at radius 3 is 1.05 bits per heavy atom. The summed E-state index contributed by atoms with van der Waals surface area (Å²) in [4.78, 5) is -0.559. The van der Waals surface area contributed by atoms with Crippen molar-refractivity contribution in [2.45, 2.75) is 46.6 Å². The maximum Gasteiger partial charge on any atom is 0.213 e. The molecule has 18 nitrogen and oxygen atoms in total. The summed E-state index contributed by atoms with van der Waals surface area (Å²) in [6.07, 6.45) is 3.92. The van der Waals surface area contributed by atoms with Gasteiger partial charge in [-0.2, -0.15) is 9.13 Å². The predicted molar refractivity (Wildman–Crippen MR) is 306 cm³/mol. The number of ether oxygens (including phenoxy) is 10. The Hall–Kier alpha value is -7.08. The molecule has 440 valence electrons. The predicted octanol–water partition coefficient (Wildman–Crippen LogP) is 7.56. The molecule has 4 heterocycles. The summed E-state index contributed by atoms with van der Waals surface area (Å²) in [5.41, 5.74) is 6.27. The van der Waals surface area contributed by atoms with E-state index in [-0.39, 0.29) is 73.0 Å². The van der Waals surface area contributed by atoms with Gasteiger partial charge < -0.3 is 56.5 Å². The van der Waals surface area contributed by atoms with Crippen molar-refractivity contribution < 1.29 is 82.4 Å². The summed E-state index contributed by atoms with van der Waals surface area (Å²) < 4.78 is 140. The molecule has 2 aromatic heterocycles. The maximum atomic E-state index is 12.6. The zero-order valence-corrected chi connectivity index (χ0v) is 47.9. The minimum absolute atomic E-state index is 0.105. The average molecular weight is 1180 g/mol. The lowest BCUT2D eigenvalue weighted by atomic mass is 9.48. The van der Waals surface area contributed by atoms with E-state index in [9.17, 15) is 25.9 Å². The topological polar surface area (TPSA) is 214 Å². The molecule has 6 aromatic carbocycles. The fourth-order valence-corrected chi connectivity index (χ4v) is 13.2. The second-order valence-electron chi connectivity index (χ2n) is 20.5. The Kier molecular flexibility index (Phi) is 19.1. The summed E-state index contributed by atoms with van der Waals surface area (Å²) in [5.74, 6) is 0.956. The van der Waals surface area contributed by atoms with E-state index < -0.39 is 20.2 Å². The van der Waals surface area contributed by atoms with Crippen molar-refractivity contribution in [2.75, 3.05) is 106 Å². The Bertz CT molecular complexity index is 3550. The highest BCUT2D eigenvalue weighted by Crippen LogP contribution is 2.68. The van der Waals surface area contributed by atoms with Crippen LogP contribution in [0.25, 0.3) is 21.8 Å². The molecule has 1 saturated carbocycles. The fourth-order valence-electron chi connectivity index (χ4n) is 11.8. The summed E-state index contributed by atoms with van der Waals surface area (Å²) in [7, 11) is -9.59. The monoisotopic (exact) mass is 1180 g/mol. The first kappa shape index (κ1) is 58.7. The molecular formula is C64H66N2O16S2. The maximum absolute atomic E-state index is 12.6. The molecule has 0 N–H and O–H groups in total. The van der Waals surface area contributed by atoms with Gasteiger partial charge >= 0.3 is 0 Å². The van der Waals surface area contributed by atoms with Crippen molar-refractivity contribution in [3.63, 3.8) is 0 Å². The van der Waals surface area contributed by atoms with Gasteiger partial charge in [0.25, 0.3) is 0 Å². The van der Waals surface area contributed by atoms with Gasteiger partial charge in [-0.3, -0.25) is 0 Å². The standard InChI is InChI=1S/C64H66N2O16S2/c67-83(68,69)59-15-7-1-9-47(59)43-65-23-21-51(49-11-3-5-13-53(49)65)63-61(45-17-19-55-57(41-45)81-39-35-77-31-27-73-25-29-75-33-37-79-55)64(62(63)46-18-20-56-58(42-46)82-40-36-78-32-28-74-26-30-76-34-38-80-56)52-22-24-66(54-14-6-4-12-50(52)54)44-48-10-2-8-16-60(48)84(70,71)72/h1-24,41-42,61-64H,25-40,43-44H2. The molecule has 0 amide bonds. The van der Waals surface area contributed by atoms with Gasteiger partial charge in [0.2, 0.25) is 11.0 Å². The van der Waals surface area contributed by atoms with Crippen LogP contribution >= 0.6 is 0 Å². The lowest BCUT2D eigenvalue weighted by molar-refractivity contribution is -0.662. The lowest BCUT2D eigenvalue weighted by Crippen LogP contribution is -2.42. The van der Waals surface area contributed by atoms with Crippen molar-refractivity contribution in [3.05, 3.63) is 191 Å². The smallest absolute Gasteiger partial charge is 0.213 e. The third-order valence-corrected chi connectivity index (χ3v) is 17.4. The fraction of sp³-hybridized carbons (Fsp3) is 0.344. The van der Waals surface area contributed by atoms with Crippen molar-refractivity contribution >= 4 is 42.0 Å². The number of para-hydroxylation sites is 2. The number of pyridine rings is 2. The highest BCUT2D eigenvalue weighted by atomic mass is 32.2. The van der Waals surface area contributed by atoms with E-state index in [4.69, 9.17) is 47.4 Å². The molecule has 0 saturated heterocycles. The molecular weight excluding hydrogens is 1120 g/mol. The largest absolute Gasteiger partial charge is 0.744 e. The van der Waals surface area contributed by atoms with Crippen molar-refractivity contribution in [3.8, 4) is 23.0 Å². The number of hydrogen-bond donors (Lipinski definition) is 0. The van der Waals surface area contributed by atoms with Gasteiger partial charge in [-0.05, 0) is 94.5 Å². The number of rotatable bonds is 10. The Morgan fingerprint density at radius 1 is 0.357 bits per heavy atom. The molecule has 0 spiro atoms. The van der Waals surface area contributed by atoms with Gasteiger partial charge in [-0.1, -0.05) is 72.8 Å². The SMILES string of the molecule is O=S(=O)([O-])c1ccccc1C[n+]1ccc(C2C(c3ccc4c(c3)OCCOCCOCCOCCO4)C(c3cc[n+](Cc4ccccc4S(=O)(=O)[O-])c4ccccc34)C2c2ccc3c(c2)OCCOCCOCCOCCO3)c2ccccc21. The molecule has 1 aliphatic carbocycles. The van der Waals surface area contributed by atoms with Crippen LogP contribution < -0.4 is 28.1 Å². The van der Waals surface area contributed by atoms with Gasteiger partial charge in [0.1, 0.15) is 46.7 Å². The van der Waals surface area contributed by atoms with Crippen LogP contribution in [0.15, 0.2) is 168 Å². The first-order chi connectivity index (χ1) is 41.0. The van der Waals surface area contributed by atoms with Crippen LogP contribution in [0.4, 0.5) is 0 Å². The van der Waals surface area contributed by atoms with Crippen LogP contribution in [0.5, 0.6) is 23.0 Å². The summed E-state index contributed by atoms with van der Waals surface area (Å²) in [6, 6.07) is 45.0. The third kappa shape index (κ3) is 13.7. The van der Waals surface area contributed by atoms with Crippen molar-refractivity contribution in [2.24, 2.45) is 0 Å². The zero-order chi connectivity index (χ0) is 57.9. The van der Waals surface area contributed by atoms with Crippen LogP contribution in [0.1, 0.15) is 57.1 Å². The lowest BCUT2D eigenvalue weighted by Gasteiger charge is -2.54. The molecule has 20 heteroatoms.